The molecule has 0 aliphatic heterocycles. The van der Waals surface area contributed by atoms with Crippen molar-refractivity contribution < 1.29 is 14.7 Å². The van der Waals surface area contributed by atoms with Gasteiger partial charge >= 0.3 is 11.8 Å². The van der Waals surface area contributed by atoms with Gasteiger partial charge in [-0.15, -0.1) is 0 Å². The van der Waals surface area contributed by atoms with E-state index in [1.165, 1.54) is 0 Å². The molecule has 0 saturated carbocycles. The van der Waals surface area contributed by atoms with Crippen LogP contribution in [-0.4, -0.2) is 29.6 Å². The van der Waals surface area contributed by atoms with E-state index < -0.39 is 17.9 Å². The van der Waals surface area contributed by atoms with Crippen LogP contribution in [0.5, 0.6) is 0 Å². The minimum Gasteiger partial charge on any atom is -0.391 e. The standard InChI is InChI=1S/C16H24N2O3/c1-5-12-8-13(7-6-11(12)4)18-16(21)15(20)17-9-14(19)10(2)3/h6-8,10,14,19H,5,9H2,1-4H3,(H,17,20)(H,18,21). The molecule has 0 radical (unpaired) electrons. The summed E-state index contributed by atoms with van der Waals surface area (Å²) in [7, 11) is 0. The Hall–Kier alpha value is -1.88. The number of amides is 2. The van der Waals surface area contributed by atoms with Crippen LogP contribution in [0.25, 0.3) is 0 Å². The molecule has 1 aromatic rings. The maximum atomic E-state index is 11.8. The molecule has 0 fully saturated rings. The zero-order chi connectivity index (χ0) is 16.0. The molecule has 21 heavy (non-hydrogen) atoms. The smallest absolute Gasteiger partial charge is 0.313 e. The van der Waals surface area contributed by atoms with Gasteiger partial charge in [0.1, 0.15) is 0 Å². The number of nitrogens with one attached hydrogen (secondary N) is 2. The van der Waals surface area contributed by atoms with Crippen molar-refractivity contribution in [2.24, 2.45) is 5.92 Å². The van der Waals surface area contributed by atoms with Crippen LogP contribution in [0.1, 0.15) is 31.9 Å². The SMILES string of the molecule is CCc1cc(NC(=O)C(=O)NCC(O)C(C)C)ccc1C. The minimum atomic E-state index is -0.742. The third-order valence-electron chi connectivity index (χ3n) is 3.44. The number of rotatable bonds is 5. The highest BCUT2D eigenvalue weighted by atomic mass is 16.3. The molecular formula is C16H24N2O3. The summed E-state index contributed by atoms with van der Waals surface area (Å²) in [6, 6.07) is 5.54. The molecule has 0 aliphatic carbocycles. The second kappa shape index (κ2) is 7.78. The molecule has 0 bridgehead atoms. The van der Waals surface area contributed by atoms with E-state index in [0.29, 0.717) is 5.69 Å². The van der Waals surface area contributed by atoms with Gasteiger partial charge in [0.05, 0.1) is 6.10 Å². The molecule has 1 unspecified atom stereocenters. The Bertz CT molecular complexity index is 512. The number of aryl methyl sites for hydroxylation is 2. The zero-order valence-corrected chi connectivity index (χ0v) is 13.1. The Morgan fingerprint density at radius 3 is 2.48 bits per heavy atom. The van der Waals surface area contributed by atoms with Gasteiger partial charge in [-0.3, -0.25) is 9.59 Å². The highest BCUT2D eigenvalue weighted by Crippen LogP contribution is 2.15. The first-order valence-corrected chi connectivity index (χ1v) is 7.21. The van der Waals surface area contributed by atoms with E-state index in [1.54, 1.807) is 6.07 Å². The van der Waals surface area contributed by atoms with Crippen LogP contribution < -0.4 is 10.6 Å². The number of anilines is 1. The van der Waals surface area contributed by atoms with Gasteiger partial charge in [0.25, 0.3) is 0 Å². The second-order valence-corrected chi connectivity index (χ2v) is 5.47. The average Bonchev–Trinajstić information content (AvgIpc) is 2.45. The first-order valence-electron chi connectivity index (χ1n) is 7.21. The zero-order valence-electron chi connectivity index (χ0n) is 13.1. The fraction of sp³-hybridized carbons (Fsp3) is 0.500. The molecule has 1 rings (SSSR count). The van der Waals surface area contributed by atoms with Crippen LogP contribution >= 0.6 is 0 Å². The first kappa shape index (κ1) is 17.2. The van der Waals surface area contributed by atoms with Crippen molar-refractivity contribution in [2.75, 3.05) is 11.9 Å². The maximum absolute atomic E-state index is 11.8. The molecule has 116 valence electrons. The lowest BCUT2D eigenvalue weighted by Gasteiger charge is -2.15. The van der Waals surface area contributed by atoms with Crippen molar-refractivity contribution in [2.45, 2.75) is 40.2 Å². The van der Waals surface area contributed by atoms with Crippen LogP contribution in [0.2, 0.25) is 0 Å². The lowest BCUT2D eigenvalue weighted by atomic mass is 10.1. The molecule has 0 spiro atoms. The van der Waals surface area contributed by atoms with Crippen LogP contribution in [0.4, 0.5) is 5.69 Å². The second-order valence-electron chi connectivity index (χ2n) is 5.47. The Morgan fingerprint density at radius 1 is 1.24 bits per heavy atom. The van der Waals surface area contributed by atoms with Gasteiger partial charge in [-0.2, -0.15) is 0 Å². The molecule has 0 aliphatic rings. The monoisotopic (exact) mass is 292 g/mol. The van der Waals surface area contributed by atoms with Gasteiger partial charge < -0.3 is 15.7 Å². The predicted octanol–water partition coefficient (Wildman–Crippen LogP) is 1.63. The number of aliphatic hydroxyl groups excluding tert-OH is 1. The number of benzene rings is 1. The Balaban J connectivity index is 2.58. The van der Waals surface area contributed by atoms with Gasteiger partial charge in [-0.05, 0) is 42.5 Å². The summed E-state index contributed by atoms with van der Waals surface area (Å²) in [6.45, 7) is 7.79. The first-order chi connectivity index (χ1) is 9.85. The van der Waals surface area contributed by atoms with Gasteiger partial charge in [0.2, 0.25) is 0 Å². The molecule has 5 heteroatoms. The summed E-state index contributed by atoms with van der Waals surface area (Å²) in [5, 5.41) is 14.6. The lowest BCUT2D eigenvalue weighted by Crippen LogP contribution is -2.40. The predicted molar refractivity (Wildman–Crippen MR) is 83.0 cm³/mol. The van der Waals surface area contributed by atoms with Crippen molar-refractivity contribution in [3.63, 3.8) is 0 Å². The molecule has 3 N–H and O–H groups in total. The van der Waals surface area contributed by atoms with E-state index >= 15 is 0 Å². The van der Waals surface area contributed by atoms with E-state index in [2.05, 4.69) is 10.6 Å². The maximum Gasteiger partial charge on any atom is 0.313 e. The Labute approximate surface area is 125 Å². The largest absolute Gasteiger partial charge is 0.391 e. The van der Waals surface area contributed by atoms with Crippen molar-refractivity contribution in [3.8, 4) is 0 Å². The third kappa shape index (κ3) is 5.19. The molecule has 1 atom stereocenters. The summed E-state index contributed by atoms with van der Waals surface area (Å²) in [5.74, 6) is -1.44. The van der Waals surface area contributed by atoms with E-state index in [4.69, 9.17) is 0 Å². The van der Waals surface area contributed by atoms with Crippen molar-refractivity contribution in [1.29, 1.82) is 0 Å². The number of hydrogen-bond acceptors (Lipinski definition) is 3. The van der Waals surface area contributed by atoms with Gasteiger partial charge in [-0.1, -0.05) is 26.8 Å². The summed E-state index contributed by atoms with van der Waals surface area (Å²) in [5.41, 5.74) is 2.88. The van der Waals surface area contributed by atoms with Crippen LogP contribution in [0, 0.1) is 12.8 Å². The molecular weight excluding hydrogens is 268 g/mol. The van der Waals surface area contributed by atoms with Crippen LogP contribution in [0.15, 0.2) is 18.2 Å². The number of carbonyl (C=O) groups excluding carboxylic acids is 2. The topological polar surface area (TPSA) is 78.4 Å². The van der Waals surface area contributed by atoms with Gasteiger partial charge in [0, 0.05) is 12.2 Å². The molecule has 2 amide bonds. The molecule has 0 aromatic heterocycles. The van der Waals surface area contributed by atoms with Crippen molar-refractivity contribution in [1.82, 2.24) is 5.32 Å². The molecule has 0 saturated heterocycles. The number of hydrogen-bond donors (Lipinski definition) is 3. The number of aliphatic hydroxyl groups is 1. The average molecular weight is 292 g/mol. The summed E-state index contributed by atoms with van der Waals surface area (Å²) in [4.78, 5) is 23.4. The van der Waals surface area contributed by atoms with Crippen molar-refractivity contribution >= 4 is 17.5 Å². The molecule has 5 nitrogen and oxygen atoms in total. The fourth-order valence-electron chi connectivity index (χ4n) is 1.83. The summed E-state index contributed by atoms with van der Waals surface area (Å²) < 4.78 is 0. The van der Waals surface area contributed by atoms with Crippen molar-refractivity contribution in [3.05, 3.63) is 29.3 Å². The highest BCUT2D eigenvalue weighted by Gasteiger charge is 2.16. The Kier molecular flexibility index (Phi) is 6.37. The molecule has 0 heterocycles. The van der Waals surface area contributed by atoms with E-state index in [9.17, 15) is 14.7 Å². The normalized spacial score (nSPS) is 12.1. The summed E-state index contributed by atoms with van der Waals surface area (Å²) >= 11 is 0. The summed E-state index contributed by atoms with van der Waals surface area (Å²) in [6.07, 6.45) is 0.204. The van der Waals surface area contributed by atoms with Gasteiger partial charge in [-0.25, -0.2) is 0 Å². The van der Waals surface area contributed by atoms with E-state index in [-0.39, 0.29) is 12.5 Å². The third-order valence-corrected chi connectivity index (χ3v) is 3.44. The van der Waals surface area contributed by atoms with E-state index in [1.807, 2.05) is 39.8 Å². The van der Waals surface area contributed by atoms with E-state index in [0.717, 1.165) is 17.5 Å². The van der Waals surface area contributed by atoms with Crippen LogP contribution in [0.3, 0.4) is 0 Å². The fourth-order valence-corrected chi connectivity index (χ4v) is 1.83. The minimum absolute atomic E-state index is 0.0255. The van der Waals surface area contributed by atoms with Gasteiger partial charge in [0.15, 0.2) is 0 Å². The number of carbonyl (C=O) groups is 2. The lowest BCUT2D eigenvalue weighted by molar-refractivity contribution is -0.136. The Morgan fingerprint density at radius 2 is 1.90 bits per heavy atom. The molecule has 1 aromatic carbocycles. The highest BCUT2D eigenvalue weighted by molar-refractivity contribution is 6.39. The van der Waals surface area contributed by atoms with Crippen LogP contribution in [-0.2, 0) is 16.0 Å². The quantitative estimate of drug-likeness (QED) is 0.722.